The Hall–Kier alpha value is -4.28. The Balaban J connectivity index is 1.68. The van der Waals surface area contributed by atoms with Gasteiger partial charge in [-0.1, -0.05) is 0 Å². The number of non-ortho nitro benzene ring substituents is 1. The molecule has 3 heterocycles. The molecule has 0 spiro atoms. The van der Waals surface area contributed by atoms with Gasteiger partial charge in [-0.2, -0.15) is 10.2 Å². The van der Waals surface area contributed by atoms with E-state index in [9.17, 15) is 20.0 Å². The van der Waals surface area contributed by atoms with Crippen LogP contribution >= 0.6 is 0 Å². The lowest BCUT2D eigenvalue weighted by Crippen LogP contribution is -2.13. The number of fused-ring (bicyclic) bond motifs is 1. The van der Waals surface area contributed by atoms with Crippen molar-refractivity contribution in [3.05, 3.63) is 64.2 Å². The SMILES string of the molecule is CCn1ncc(-c2ccnc3cc(C(=O)Nc4ccc([N+](=O)[O-])cc4O)nn23)c1C. The predicted octanol–water partition coefficient (Wildman–Crippen LogP) is 2.79. The fraction of sp³-hybridized carbons (Fsp3) is 0.158. The number of hydrogen-bond donors (Lipinski definition) is 2. The van der Waals surface area contributed by atoms with Crippen LogP contribution in [-0.2, 0) is 6.54 Å². The Morgan fingerprint density at radius 3 is 2.77 bits per heavy atom. The zero-order chi connectivity index (χ0) is 21.4. The number of amides is 1. The molecule has 11 heteroatoms. The van der Waals surface area contributed by atoms with E-state index in [0.717, 1.165) is 29.6 Å². The lowest BCUT2D eigenvalue weighted by molar-refractivity contribution is -0.384. The minimum atomic E-state index is -0.636. The highest BCUT2D eigenvalue weighted by Gasteiger charge is 2.18. The van der Waals surface area contributed by atoms with Crippen LogP contribution in [-0.4, -0.2) is 40.3 Å². The van der Waals surface area contributed by atoms with Gasteiger partial charge >= 0.3 is 0 Å². The van der Waals surface area contributed by atoms with Crippen LogP contribution in [0.1, 0.15) is 23.1 Å². The fourth-order valence-corrected chi connectivity index (χ4v) is 3.15. The van der Waals surface area contributed by atoms with Crippen LogP contribution in [0.3, 0.4) is 0 Å². The van der Waals surface area contributed by atoms with E-state index < -0.39 is 16.6 Å². The second-order valence-electron chi connectivity index (χ2n) is 6.50. The highest BCUT2D eigenvalue weighted by Crippen LogP contribution is 2.28. The molecule has 0 saturated carbocycles. The van der Waals surface area contributed by atoms with E-state index in [1.165, 1.54) is 18.2 Å². The molecule has 30 heavy (non-hydrogen) atoms. The number of rotatable bonds is 5. The molecule has 0 aliphatic rings. The number of aryl methyl sites for hydroxylation is 1. The highest BCUT2D eigenvalue weighted by molar-refractivity contribution is 6.04. The van der Waals surface area contributed by atoms with Crippen LogP contribution in [0.25, 0.3) is 16.9 Å². The first kappa shape index (κ1) is 19.1. The van der Waals surface area contributed by atoms with Gasteiger partial charge < -0.3 is 10.4 Å². The monoisotopic (exact) mass is 407 g/mol. The first-order valence-corrected chi connectivity index (χ1v) is 9.05. The van der Waals surface area contributed by atoms with Gasteiger partial charge in [-0.15, -0.1) is 0 Å². The molecule has 0 radical (unpaired) electrons. The molecule has 0 aliphatic carbocycles. The second-order valence-corrected chi connectivity index (χ2v) is 6.50. The van der Waals surface area contributed by atoms with Crippen LogP contribution in [0.4, 0.5) is 11.4 Å². The van der Waals surface area contributed by atoms with E-state index in [2.05, 4.69) is 20.5 Å². The van der Waals surface area contributed by atoms with Gasteiger partial charge in [0.1, 0.15) is 5.75 Å². The molecule has 0 fully saturated rings. The Kier molecular flexibility index (Phi) is 4.62. The lowest BCUT2D eigenvalue weighted by atomic mass is 10.2. The number of benzene rings is 1. The van der Waals surface area contributed by atoms with Gasteiger partial charge in [-0.3, -0.25) is 19.6 Å². The molecule has 1 aromatic carbocycles. The average molecular weight is 407 g/mol. The molecule has 0 aliphatic heterocycles. The molecule has 0 bridgehead atoms. The number of aromatic nitrogens is 5. The van der Waals surface area contributed by atoms with E-state index in [-0.39, 0.29) is 17.1 Å². The molecular formula is C19H17N7O4. The van der Waals surface area contributed by atoms with E-state index in [1.807, 2.05) is 18.5 Å². The quantitative estimate of drug-likeness (QED) is 0.294. The number of anilines is 1. The molecule has 152 valence electrons. The zero-order valence-electron chi connectivity index (χ0n) is 16.1. The van der Waals surface area contributed by atoms with Crippen LogP contribution in [0.5, 0.6) is 5.75 Å². The Morgan fingerprint density at radius 1 is 1.30 bits per heavy atom. The van der Waals surface area contributed by atoms with E-state index in [0.29, 0.717) is 5.65 Å². The number of phenolic OH excluding ortho intramolecular Hbond substituents is 1. The van der Waals surface area contributed by atoms with Crippen LogP contribution in [0.15, 0.2) is 42.7 Å². The third-order valence-electron chi connectivity index (χ3n) is 4.71. The summed E-state index contributed by atoms with van der Waals surface area (Å²) in [6.07, 6.45) is 3.36. The van der Waals surface area contributed by atoms with Crippen molar-refractivity contribution >= 4 is 22.9 Å². The molecule has 1 amide bonds. The van der Waals surface area contributed by atoms with Crippen molar-refractivity contribution in [1.82, 2.24) is 24.4 Å². The number of hydrogen-bond acceptors (Lipinski definition) is 7. The number of nitro groups is 1. The van der Waals surface area contributed by atoms with E-state index >= 15 is 0 Å². The van der Waals surface area contributed by atoms with Gasteiger partial charge in [-0.05, 0) is 26.0 Å². The molecule has 11 nitrogen and oxygen atoms in total. The predicted molar refractivity (Wildman–Crippen MR) is 107 cm³/mol. The lowest BCUT2D eigenvalue weighted by Gasteiger charge is -2.06. The second kappa shape index (κ2) is 7.28. The van der Waals surface area contributed by atoms with E-state index in [1.54, 1.807) is 23.0 Å². The van der Waals surface area contributed by atoms with Crippen LogP contribution in [0, 0.1) is 17.0 Å². The molecule has 0 saturated heterocycles. The Bertz CT molecular complexity index is 1290. The molecule has 4 aromatic rings. The van der Waals surface area contributed by atoms with Gasteiger partial charge in [0, 0.05) is 36.1 Å². The maximum Gasteiger partial charge on any atom is 0.276 e. The molecule has 3 aromatic heterocycles. The van der Waals surface area contributed by atoms with Gasteiger partial charge in [0.15, 0.2) is 11.3 Å². The summed E-state index contributed by atoms with van der Waals surface area (Å²) < 4.78 is 3.41. The minimum absolute atomic E-state index is 0.0379. The topological polar surface area (TPSA) is 140 Å². The number of carbonyl (C=O) groups is 1. The Labute approximate surface area is 169 Å². The van der Waals surface area contributed by atoms with Crippen molar-refractivity contribution in [2.24, 2.45) is 0 Å². The summed E-state index contributed by atoms with van der Waals surface area (Å²) in [6.45, 7) is 4.67. The smallest absolute Gasteiger partial charge is 0.276 e. The highest BCUT2D eigenvalue weighted by atomic mass is 16.6. The summed E-state index contributed by atoms with van der Waals surface area (Å²) >= 11 is 0. The summed E-state index contributed by atoms with van der Waals surface area (Å²) in [4.78, 5) is 27.0. The Morgan fingerprint density at radius 2 is 2.10 bits per heavy atom. The summed E-state index contributed by atoms with van der Waals surface area (Å²) in [5.74, 6) is -1.00. The molecule has 2 N–H and O–H groups in total. The van der Waals surface area contributed by atoms with Crippen molar-refractivity contribution < 1.29 is 14.8 Å². The number of phenols is 1. The van der Waals surface area contributed by atoms with Gasteiger partial charge in [0.05, 0.1) is 28.6 Å². The minimum Gasteiger partial charge on any atom is -0.506 e. The first-order valence-electron chi connectivity index (χ1n) is 9.05. The van der Waals surface area contributed by atoms with E-state index in [4.69, 9.17) is 0 Å². The molecule has 0 unspecified atom stereocenters. The number of carbonyl (C=O) groups excluding carboxylic acids is 1. The fourth-order valence-electron chi connectivity index (χ4n) is 3.15. The van der Waals surface area contributed by atoms with Crippen molar-refractivity contribution in [3.63, 3.8) is 0 Å². The number of nitrogens with one attached hydrogen (secondary N) is 1. The van der Waals surface area contributed by atoms with Crippen molar-refractivity contribution in [3.8, 4) is 17.0 Å². The largest absolute Gasteiger partial charge is 0.506 e. The summed E-state index contributed by atoms with van der Waals surface area (Å²) in [7, 11) is 0. The van der Waals surface area contributed by atoms with Crippen molar-refractivity contribution in [1.29, 1.82) is 0 Å². The van der Waals surface area contributed by atoms with Gasteiger partial charge in [0.25, 0.3) is 11.6 Å². The van der Waals surface area contributed by atoms with Crippen LogP contribution in [0.2, 0.25) is 0 Å². The van der Waals surface area contributed by atoms with Crippen molar-refractivity contribution in [2.45, 2.75) is 20.4 Å². The summed E-state index contributed by atoms with van der Waals surface area (Å²) in [6, 6.07) is 6.71. The van der Waals surface area contributed by atoms with Gasteiger partial charge in [0.2, 0.25) is 0 Å². The maximum atomic E-state index is 12.6. The number of nitrogens with zero attached hydrogens (tertiary/aromatic N) is 6. The zero-order valence-corrected chi connectivity index (χ0v) is 16.1. The molecule has 4 rings (SSSR count). The molecule has 0 atom stereocenters. The number of nitro benzene ring substituents is 1. The van der Waals surface area contributed by atoms with Crippen molar-refractivity contribution in [2.75, 3.05) is 5.32 Å². The standard InChI is InChI=1S/C19H17N7O4/c1-3-24-11(2)13(10-21-24)16-6-7-20-18-9-15(23-25(16)18)19(28)22-14-5-4-12(26(29)30)8-17(14)27/h4-10,27H,3H2,1-2H3,(H,22,28). The third-order valence-corrected chi connectivity index (χ3v) is 4.71. The van der Waals surface area contributed by atoms with Crippen LogP contribution < -0.4 is 5.32 Å². The summed E-state index contributed by atoms with van der Waals surface area (Å²) in [5, 5.41) is 31.9. The number of aromatic hydroxyl groups is 1. The molecular weight excluding hydrogens is 390 g/mol. The van der Waals surface area contributed by atoms with Gasteiger partial charge in [-0.25, -0.2) is 9.50 Å². The first-order chi connectivity index (χ1) is 14.4. The summed E-state index contributed by atoms with van der Waals surface area (Å²) in [5.41, 5.74) is 2.86. The normalized spacial score (nSPS) is 11.0. The maximum absolute atomic E-state index is 12.6. The average Bonchev–Trinajstić information content (AvgIpc) is 3.32. The third kappa shape index (κ3) is 3.21.